The average Bonchev–Trinajstić information content (AvgIpc) is 2.52. The van der Waals surface area contributed by atoms with Gasteiger partial charge in [-0.3, -0.25) is 0 Å². The number of nitrogens with zero attached hydrogens (tertiary/aromatic N) is 4. The summed E-state index contributed by atoms with van der Waals surface area (Å²) in [4.78, 5) is 11.8. The lowest BCUT2D eigenvalue weighted by atomic mass is 9.97. The molecular formula is C16H24N4O2. The first-order chi connectivity index (χ1) is 10.5. The second-order valence-corrected chi connectivity index (χ2v) is 5.25. The largest absolute Gasteiger partial charge is 0.462 e. The van der Waals surface area contributed by atoms with Gasteiger partial charge in [-0.25, -0.2) is 4.79 Å². The summed E-state index contributed by atoms with van der Waals surface area (Å²) in [5.41, 5.74) is 0.287. The number of carbonyl (C=O) groups is 1. The number of nitriles is 2. The van der Waals surface area contributed by atoms with Crippen LogP contribution in [0.5, 0.6) is 0 Å². The summed E-state index contributed by atoms with van der Waals surface area (Å²) < 4.78 is 5.08. The van der Waals surface area contributed by atoms with Crippen LogP contribution < -0.4 is 0 Å². The minimum absolute atomic E-state index is 0.226. The molecule has 0 fully saturated rings. The molecule has 0 aromatic heterocycles. The van der Waals surface area contributed by atoms with Crippen LogP contribution in [-0.4, -0.2) is 25.2 Å². The lowest BCUT2D eigenvalue weighted by Crippen LogP contribution is -2.19. The van der Waals surface area contributed by atoms with Crippen molar-refractivity contribution in [1.29, 1.82) is 10.5 Å². The molecule has 0 radical (unpaired) electrons. The highest BCUT2D eigenvalue weighted by Gasteiger charge is 2.21. The number of unbranched alkanes of at least 4 members (excludes halogenated alkanes) is 1. The maximum atomic E-state index is 11.8. The molecule has 6 heteroatoms. The average molecular weight is 304 g/mol. The summed E-state index contributed by atoms with van der Waals surface area (Å²) >= 11 is 0. The molecule has 0 N–H and O–H groups in total. The van der Waals surface area contributed by atoms with Crippen molar-refractivity contribution in [2.24, 2.45) is 22.1 Å². The van der Waals surface area contributed by atoms with Crippen molar-refractivity contribution in [2.45, 2.75) is 46.1 Å². The Morgan fingerprint density at radius 1 is 1.32 bits per heavy atom. The van der Waals surface area contributed by atoms with Gasteiger partial charge in [0, 0.05) is 12.0 Å². The molecule has 0 spiro atoms. The van der Waals surface area contributed by atoms with E-state index in [4.69, 9.17) is 15.3 Å². The van der Waals surface area contributed by atoms with Crippen molar-refractivity contribution >= 4 is 5.97 Å². The van der Waals surface area contributed by atoms with Crippen molar-refractivity contribution in [3.8, 4) is 12.1 Å². The Morgan fingerprint density at radius 2 is 2.00 bits per heavy atom. The number of esters is 1. The highest BCUT2D eigenvalue weighted by atomic mass is 16.5. The summed E-state index contributed by atoms with van der Waals surface area (Å²) in [5, 5.41) is 25.8. The Labute approximate surface area is 132 Å². The molecule has 0 amide bonds. The van der Waals surface area contributed by atoms with Gasteiger partial charge in [0.15, 0.2) is 0 Å². The summed E-state index contributed by atoms with van der Waals surface area (Å²) in [6.07, 6.45) is 1.98. The first kappa shape index (κ1) is 19.8. The van der Waals surface area contributed by atoms with Gasteiger partial charge in [0.2, 0.25) is 0 Å². The molecule has 120 valence electrons. The van der Waals surface area contributed by atoms with Crippen LogP contribution in [0.4, 0.5) is 0 Å². The number of hydrogen-bond acceptors (Lipinski definition) is 6. The molecule has 0 rings (SSSR count). The highest BCUT2D eigenvalue weighted by Crippen LogP contribution is 2.17. The Morgan fingerprint density at radius 3 is 2.55 bits per heavy atom. The van der Waals surface area contributed by atoms with Crippen molar-refractivity contribution in [2.75, 3.05) is 13.2 Å². The normalized spacial score (nSPS) is 14.6. The second kappa shape index (κ2) is 11.4. The number of rotatable bonds is 10. The monoisotopic (exact) mass is 304 g/mol. The molecule has 0 saturated heterocycles. The third-order valence-electron chi connectivity index (χ3n) is 3.06. The summed E-state index contributed by atoms with van der Waals surface area (Å²) in [6, 6.07) is 3.70. The van der Waals surface area contributed by atoms with E-state index in [9.17, 15) is 4.79 Å². The van der Waals surface area contributed by atoms with Crippen molar-refractivity contribution in [3.63, 3.8) is 0 Å². The van der Waals surface area contributed by atoms with Crippen LogP contribution in [-0.2, 0) is 9.53 Å². The van der Waals surface area contributed by atoms with Crippen LogP contribution in [0.1, 0.15) is 40.0 Å². The fraction of sp³-hybridized carbons (Fsp3) is 0.688. The number of azo groups is 1. The van der Waals surface area contributed by atoms with E-state index in [1.54, 1.807) is 13.8 Å². The second-order valence-electron chi connectivity index (χ2n) is 5.25. The summed E-state index contributed by atoms with van der Waals surface area (Å²) in [7, 11) is 0. The van der Waals surface area contributed by atoms with E-state index in [1.165, 1.54) is 0 Å². The van der Waals surface area contributed by atoms with E-state index in [2.05, 4.69) is 28.9 Å². The van der Waals surface area contributed by atoms with E-state index in [-0.39, 0.29) is 24.5 Å². The molecule has 3 atom stereocenters. The first-order valence-electron chi connectivity index (χ1n) is 7.46. The van der Waals surface area contributed by atoms with Crippen LogP contribution >= 0.6 is 0 Å². The lowest BCUT2D eigenvalue weighted by molar-refractivity contribution is -0.139. The van der Waals surface area contributed by atoms with Crippen molar-refractivity contribution in [3.05, 3.63) is 12.2 Å². The molecule has 22 heavy (non-hydrogen) atoms. The van der Waals surface area contributed by atoms with Gasteiger partial charge in [-0.05, 0) is 20.3 Å². The molecule has 0 heterocycles. The van der Waals surface area contributed by atoms with Crippen LogP contribution in [0.15, 0.2) is 22.4 Å². The number of carbonyl (C=O) groups excluding carboxylic acids is 1. The Hall–Kier alpha value is -2.21. The lowest BCUT2D eigenvalue weighted by Gasteiger charge is -2.14. The first-order valence-corrected chi connectivity index (χ1v) is 7.46. The standard InChI is InChI=1S/C16H24N4O2/c1-5-6-7-22-16(21)13(3)8-15(14(4)10-18)20-19-11-12(2)9-17/h12,14-15H,3,5-8,11H2,1-2,4H3. The predicted molar refractivity (Wildman–Crippen MR) is 82.7 cm³/mol. The minimum Gasteiger partial charge on any atom is -0.462 e. The molecule has 6 nitrogen and oxygen atoms in total. The molecule has 3 unspecified atom stereocenters. The molecular weight excluding hydrogens is 280 g/mol. The van der Waals surface area contributed by atoms with Gasteiger partial charge in [0.25, 0.3) is 0 Å². The van der Waals surface area contributed by atoms with Crippen molar-refractivity contribution in [1.82, 2.24) is 0 Å². The molecule has 0 aliphatic rings. The Balaban J connectivity index is 4.59. The van der Waals surface area contributed by atoms with E-state index >= 15 is 0 Å². The van der Waals surface area contributed by atoms with Crippen molar-refractivity contribution < 1.29 is 9.53 Å². The van der Waals surface area contributed by atoms with E-state index in [0.717, 1.165) is 12.8 Å². The van der Waals surface area contributed by atoms with Crippen LogP contribution in [0.3, 0.4) is 0 Å². The molecule has 0 aliphatic carbocycles. The molecule has 0 aromatic rings. The molecule has 0 aromatic carbocycles. The Kier molecular flexibility index (Phi) is 10.3. The Bertz CT molecular complexity index is 474. The van der Waals surface area contributed by atoms with Crippen LogP contribution in [0.25, 0.3) is 0 Å². The third-order valence-corrected chi connectivity index (χ3v) is 3.06. The predicted octanol–water partition coefficient (Wildman–Crippen LogP) is 3.42. The van der Waals surface area contributed by atoms with E-state index in [0.29, 0.717) is 6.61 Å². The van der Waals surface area contributed by atoms with Gasteiger partial charge in [0.05, 0.1) is 43.2 Å². The van der Waals surface area contributed by atoms with Gasteiger partial charge < -0.3 is 4.74 Å². The molecule has 0 bridgehead atoms. The van der Waals surface area contributed by atoms with E-state index < -0.39 is 17.9 Å². The zero-order valence-electron chi connectivity index (χ0n) is 13.6. The SMILES string of the molecule is C=C(CC(N=NCC(C)C#N)C(C)C#N)C(=O)OCCCC. The van der Waals surface area contributed by atoms with Gasteiger partial charge in [-0.1, -0.05) is 19.9 Å². The zero-order chi connectivity index (χ0) is 17.0. The van der Waals surface area contributed by atoms with Gasteiger partial charge in [0.1, 0.15) is 0 Å². The molecule has 0 aliphatic heterocycles. The zero-order valence-corrected chi connectivity index (χ0v) is 13.6. The smallest absolute Gasteiger partial charge is 0.333 e. The highest BCUT2D eigenvalue weighted by molar-refractivity contribution is 5.87. The maximum absolute atomic E-state index is 11.8. The minimum atomic E-state index is -0.456. The van der Waals surface area contributed by atoms with Gasteiger partial charge in [-0.2, -0.15) is 20.8 Å². The van der Waals surface area contributed by atoms with Crippen LogP contribution in [0.2, 0.25) is 0 Å². The fourth-order valence-corrected chi connectivity index (χ4v) is 1.47. The van der Waals surface area contributed by atoms with Crippen LogP contribution in [0, 0.1) is 34.5 Å². The van der Waals surface area contributed by atoms with Gasteiger partial charge in [-0.15, -0.1) is 0 Å². The summed E-state index contributed by atoms with van der Waals surface area (Å²) in [6.45, 7) is 9.82. The third kappa shape index (κ3) is 8.16. The number of hydrogen-bond donors (Lipinski definition) is 0. The fourth-order valence-electron chi connectivity index (χ4n) is 1.47. The topological polar surface area (TPSA) is 98.6 Å². The quantitative estimate of drug-likeness (QED) is 0.267. The van der Waals surface area contributed by atoms with Gasteiger partial charge >= 0.3 is 5.97 Å². The number of ether oxygens (including phenoxy) is 1. The van der Waals surface area contributed by atoms with E-state index in [1.807, 2.05) is 6.92 Å². The summed E-state index contributed by atoms with van der Waals surface area (Å²) in [5.74, 6) is -1.09. The molecule has 0 saturated carbocycles. The maximum Gasteiger partial charge on any atom is 0.333 e.